The van der Waals surface area contributed by atoms with Crippen LogP contribution in [0.2, 0.25) is 0 Å². The van der Waals surface area contributed by atoms with Crippen molar-refractivity contribution >= 4 is 34.8 Å². The molecule has 0 aliphatic heterocycles. The summed E-state index contributed by atoms with van der Waals surface area (Å²) in [4.78, 5) is 23.1. The first-order chi connectivity index (χ1) is 9.58. The quantitative estimate of drug-likeness (QED) is 0.598. The zero-order chi connectivity index (χ0) is 15.0. The Bertz CT molecular complexity index is 505. The van der Waals surface area contributed by atoms with E-state index in [9.17, 15) is 9.59 Å². The van der Waals surface area contributed by atoms with Crippen molar-refractivity contribution in [1.29, 1.82) is 0 Å². The molecule has 4 N–H and O–H groups in total. The van der Waals surface area contributed by atoms with Gasteiger partial charge in [-0.1, -0.05) is 19.1 Å². The summed E-state index contributed by atoms with van der Waals surface area (Å²) >= 11 is 5.00. The summed E-state index contributed by atoms with van der Waals surface area (Å²) in [6, 6.07) is 6.76. The molecule has 0 saturated heterocycles. The summed E-state index contributed by atoms with van der Waals surface area (Å²) in [5.74, 6) is -0.531. The second-order valence-corrected chi connectivity index (χ2v) is 4.29. The summed E-state index contributed by atoms with van der Waals surface area (Å²) in [5, 5.41) is 16.7. The van der Waals surface area contributed by atoms with Crippen LogP contribution in [0.3, 0.4) is 0 Å². The molecule has 1 rings (SSSR count). The Kier molecular flexibility index (Phi) is 6.61. The highest BCUT2D eigenvalue weighted by atomic mass is 32.1. The van der Waals surface area contributed by atoms with Crippen LogP contribution in [-0.2, 0) is 4.79 Å². The monoisotopic (exact) mass is 295 g/mol. The Hall–Kier alpha value is -1.99. The minimum Gasteiger partial charge on any atom is -0.395 e. The summed E-state index contributed by atoms with van der Waals surface area (Å²) in [7, 11) is 0. The van der Waals surface area contributed by atoms with Crippen molar-refractivity contribution in [2.45, 2.75) is 13.3 Å². The minimum absolute atomic E-state index is 0.133. The van der Waals surface area contributed by atoms with Crippen LogP contribution in [0.5, 0.6) is 0 Å². The minimum atomic E-state index is -0.327. The normalized spacial score (nSPS) is 9.70. The van der Waals surface area contributed by atoms with Crippen molar-refractivity contribution in [1.82, 2.24) is 10.6 Å². The van der Waals surface area contributed by atoms with Gasteiger partial charge in [0.05, 0.1) is 17.9 Å². The van der Waals surface area contributed by atoms with E-state index in [1.165, 1.54) is 0 Å². The second kappa shape index (κ2) is 8.23. The maximum Gasteiger partial charge on any atom is 0.253 e. The average Bonchev–Trinajstić information content (AvgIpc) is 2.45. The molecule has 0 unspecified atom stereocenters. The Labute approximate surface area is 122 Å². The van der Waals surface area contributed by atoms with Crippen molar-refractivity contribution in [3.05, 3.63) is 29.8 Å². The lowest BCUT2D eigenvalue weighted by Gasteiger charge is -2.13. The first-order valence-electron chi connectivity index (χ1n) is 6.17. The molecule has 0 saturated carbocycles. The van der Waals surface area contributed by atoms with Gasteiger partial charge in [-0.15, -0.1) is 0 Å². The topological polar surface area (TPSA) is 90.5 Å². The number of carbonyl (C=O) groups excluding carboxylic acids is 2. The maximum atomic E-state index is 11.9. The van der Waals surface area contributed by atoms with E-state index in [0.717, 1.165) is 0 Å². The molecule has 0 bridgehead atoms. The molecule has 1 aromatic carbocycles. The van der Waals surface area contributed by atoms with Crippen LogP contribution in [0.1, 0.15) is 23.7 Å². The number of carbonyl (C=O) groups is 2. The van der Waals surface area contributed by atoms with E-state index >= 15 is 0 Å². The lowest BCUT2D eigenvalue weighted by molar-refractivity contribution is -0.119. The Morgan fingerprint density at radius 1 is 1.30 bits per heavy atom. The van der Waals surface area contributed by atoms with Crippen LogP contribution in [0.4, 0.5) is 5.69 Å². The fourth-order valence-corrected chi connectivity index (χ4v) is 1.65. The van der Waals surface area contributed by atoms with Crippen LogP contribution < -0.4 is 16.0 Å². The Morgan fingerprint density at radius 2 is 2.00 bits per heavy atom. The average molecular weight is 295 g/mol. The first kappa shape index (κ1) is 16.1. The highest BCUT2D eigenvalue weighted by Gasteiger charge is 2.11. The van der Waals surface area contributed by atoms with Crippen molar-refractivity contribution < 1.29 is 14.7 Å². The molecule has 0 radical (unpaired) electrons. The molecule has 0 fully saturated rings. The molecule has 0 aliphatic rings. The Balaban J connectivity index is 2.77. The van der Waals surface area contributed by atoms with E-state index in [1.807, 2.05) is 0 Å². The number of para-hydroxylation sites is 1. The third kappa shape index (κ3) is 4.94. The third-order valence-electron chi connectivity index (χ3n) is 2.39. The van der Waals surface area contributed by atoms with Gasteiger partial charge >= 0.3 is 0 Å². The van der Waals surface area contributed by atoms with Gasteiger partial charge in [-0.2, -0.15) is 0 Å². The second-order valence-electron chi connectivity index (χ2n) is 3.88. The highest BCUT2D eigenvalue weighted by molar-refractivity contribution is 7.80. The van der Waals surface area contributed by atoms with Crippen LogP contribution in [0.25, 0.3) is 0 Å². The largest absolute Gasteiger partial charge is 0.395 e. The number of rotatable bonds is 5. The fraction of sp³-hybridized carbons (Fsp3) is 0.308. The predicted molar refractivity (Wildman–Crippen MR) is 80.5 cm³/mol. The van der Waals surface area contributed by atoms with Crippen molar-refractivity contribution in [2.24, 2.45) is 0 Å². The standard InChI is InChI=1S/C13H17N3O3S/c1-2-11(18)16-13(20)15-10-6-4-3-5-9(10)12(19)14-7-8-17/h3-6,17H,2,7-8H2,1H3,(H,14,19)(H2,15,16,18,20). The van der Waals surface area contributed by atoms with Crippen molar-refractivity contribution in [2.75, 3.05) is 18.5 Å². The SMILES string of the molecule is CCC(=O)NC(=S)Nc1ccccc1C(=O)NCCO. The van der Waals surface area contributed by atoms with E-state index in [2.05, 4.69) is 16.0 Å². The van der Waals surface area contributed by atoms with Crippen LogP contribution in [0, 0.1) is 0 Å². The van der Waals surface area contributed by atoms with Crippen LogP contribution in [-0.4, -0.2) is 35.2 Å². The van der Waals surface area contributed by atoms with E-state index < -0.39 is 0 Å². The summed E-state index contributed by atoms with van der Waals surface area (Å²) in [6.45, 7) is 1.75. The number of aliphatic hydroxyl groups excluding tert-OH is 1. The van der Waals surface area contributed by atoms with Gasteiger partial charge in [0.1, 0.15) is 0 Å². The smallest absolute Gasteiger partial charge is 0.253 e. The number of hydrogen-bond donors (Lipinski definition) is 4. The van der Waals surface area contributed by atoms with E-state index in [0.29, 0.717) is 17.7 Å². The van der Waals surface area contributed by atoms with Gasteiger partial charge < -0.3 is 21.1 Å². The molecule has 0 heterocycles. The van der Waals surface area contributed by atoms with Crippen molar-refractivity contribution in [3.63, 3.8) is 0 Å². The molecular formula is C13H17N3O3S. The predicted octanol–water partition coefficient (Wildman–Crippen LogP) is 0.632. The van der Waals surface area contributed by atoms with E-state index in [4.69, 9.17) is 17.3 Å². The summed E-state index contributed by atoms with van der Waals surface area (Å²) < 4.78 is 0. The molecule has 2 amide bonds. The van der Waals surface area contributed by atoms with Gasteiger partial charge in [-0.25, -0.2) is 0 Å². The van der Waals surface area contributed by atoms with Gasteiger partial charge in [0.15, 0.2) is 5.11 Å². The summed E-state index contributed by atoms with van der Waals surface area (Å²) in [5.41, 5.74) is 0.874. The molecule has 0 aromatic heterocycles. The molecule has 0 spiro atoms. The molecule has 108 valence electrons. The number of nitrogens with one attached hydrogen (secondary N) is 3. The van der Waals surface area contributed by atoms with Crippen LogP contribution >= 0.6 is 12.2 Å². The number of benzene rings is 1. The van der Waals surface area contributed by atoms with Gasteiger partial charge in [0.2, 0.25) is 5.91 Å². The van der Waals surface area contributed by atoms with Crippen molar-refractivity contribution in [3.8, 4) is 0 Å². The molecule has 20 heavy (non-hydrogen) atoms. The molecule has 0 atom stereocenters. The highest BCUT2D eigenvalue weighted by Crippen LogP contribution is 2.14. The number of thiocarbonyl (C=S) groups is 1. The number of anilines is 1. The summed E-state index contributed by atoms with van der Waals surface area (Å²) in [6.07, 6.45) is 0.320. The van der Waals surface area contributed by atoms with Gasteiger partial charge in [0, 0.05) is 13.0 Å². The molecule has 7 heteroatoms. The zero-order valence-corrected chi connectivity index (χ0v) is 11.9. The lowest BCUT2D eigenvalue weighted by Crippen LogP contribution is -2.34. The first-order valence-corrected chi connectivity index (χ1v) is 6.58. The molecular weight excluding hydrogens is 278 g/mol. The van der Waals surface area contributed by atoms with E-state index in [1.54, 1.807) is 31.2 Å². The molecule has 0 aliphatic carbocycles. The van der Waals surface area contributed by atoms with Gasteiger partial charge in [-0.3, -0.25) is 9.59 Å². The number of amides is 2. The zero-order valence-electron chi connectivity index (χ0n) is 11.1. The maximum absolute atomic E-state index is 11.9. The van der Waals surface area contributed by atoms with Crippen LogP contribution in [0.15, 0.2) is 24.3 Å². The third-order valence-corrected chi connectivity index (χ3v) is 2.60. The fourth-order valence-electron chi connectivity index (χ4n) is 1.42. The number of hydrogen-bond acceptors (Lipinski definition) is 4. The van der Waals surface area contributed by atoms with Gasteiger partial charge in [-0.05, 0) is 24.4 Å². The molecule has 1 aromatic rings. The Morgan fingerprint density at radius 3 is 2.65 bits per heavy atom. The lowest BCUT2D eigenvalue weighted by atomic mass is 10.1. The van der Waals surface area contributed by atoms with E-state index in [-0.39, 0.29) is 30.1 Å². The van der Waals surface area contributed by atoms with Gasteiger partial charge in [0.25, 0.3) is 5.91 Å². The number of aliphatic hydroxyl groups is 1. The molecule has 6 nitrogen and oxygen atoms in total.